The van der Waals surface area contributed by atoms with Crippen molar-refractivity contribution in [3.8, 4) is 34.3 Å². The number of aromatic amines is 2. The first-order chi connectivity index (χ1) is 17.2. The first-order valence-electron chi connectivity index (χ1n) is 11.2. The van der Waals surface area contributed by atoms with Gasteiger partial charge in [-0.15, -0.1) is 0 Å². The fourth-order valence-corrected chi connectivity index (χ4v) is 4.28. The van der Waals surface area contributed by atoms with Crippen molar-refractivity contribution in [3.63, 3.8) is 0 Å². The second-order valence-corrected chi connectivity index (χ2v) is 8.45. The number of nitrogens with zero attached hydrogens (tertiary/aromatic N) is 8. The van der Waals surface area contributed by atoms with Crippen LogP contribution in [0.4, 0.5) is 5.82 Å². The smallest absolute Gasteiger partial charge is 0.161 e. The van der Waals surface area contributed by atoms with E-state index < -0.39 is 0 Å². The van der Waals surface area contributed by atoms with Crippen LogP contribution in [-0.4, -0.2) is 64.2 Å². The molecule has 1 aliphatic rings. The summed E-state index contributed by atoms with van der Waals surface area (Å²) in [6.45, 7) is 1.55. The molecule has 0 aromatic carbocycles. The number of pyridine rings is 3. The first-order valence-corrected chi connectivity index (χ1v) is 11.2. The van der Waals surface area contributed by atoms with Crippen LogP contribution < -0.4 is 10.6 Å². The number of fused-ring (bicyclic) bond motifs is 2. The highest BCUT2D eigenvalue weighted by Crippen LogP contribution is 2.30. The zero-order valence-corrected chi connectivity index (χ0v) is 18.4. The fourth-order valence-electron chi connectivity index (χ4n) is 4.28. The van der Waals surface area contributed by atoms with Gasteiger partial charge in [0, 0.05) is 31.5 Å². The summed E-state index contributed by atoms with van der Waals surface area (Å²) in [5.41, 5.74) is 12.4. The zero-order chi connectivity index (χ0) is 23.4. The maximum Gasteiger partial charge on any atom is 0.161 e. The number of nitrogens with one attached hydrogen (secondary N) is 2. The van der Waals surface area contributed by atoms with Crippen molar-refractivity contribution in [2.24, 2.45) is 5.73 Å². The quantitative estimate of drug-likeness (QED) is 0.360. The van der Waals surface area contributed by atoms with Gasteiger partial charge >= 0.3 is 0 Å². The van der Waals surface area contributed by atoms with Crippen LogP contribution in [-0.2, 0) is 0 Å². The van der Waals surface area contributed by atoms with Crippen LogP contribution in [0, 0.1) is 0 Å². The van der Waals surface area contributed by atoms with Crippen LogP contribution in [0.1, 0.15) is 0 Å². The van der Waals surface area contributed by atoms with Gasteiger partial charge in [0.15, 0.2) is 11.5 Å². The maximum absolute atomic E-state index is 5.92. The molecule has 0 saturated carbocycles. The molecule has 1 aliphatic heterocycles. The Morgan fingerprint density at radius 3 is 2.57 bits per heavy atom. The molecule has 1 fully saturated rings. The van der Waals surface area contributed by atoms with E-state index >= 15 is 0 Å². The Kier molecular flexibility index (Phi) is 4.29. The Morgan fingerprint density at radius 1 is 0.800 bits per heavy atom. The molecule has 35 heavy (non-hydrogen) atoms. The predicted molar refractivity (Wildman–Crippen MR) is 131 cm³/mol. The average molecular weight is 461 g/mol. The predicted octanol–water partition coefficient (Wildman–Crippen LogP) is 2.56. The minimum Gasteiger partial charge on any atom is -0.352 e. The maximum atomic E-state index is 5.92. The molecule has 0 aliphatic carbocycles. The molecule has 0 radical (unpaired) electrons. The molecule has 7 rings (SSSR count). The van der Waals surface area contributed by atoms with Gasteiger partial charge in [0.2, 0.25) is 0 Å². The molecule has 0 spiro atoms. The monoisotopic (exact) mass is 461 g/mol. The van der Waals surface area contributed by atoms with Crippen LogP contribution in [0.15, 0.2) is 61.2 Å². The van der Waals surface area contributed by atoms with E-state index in [2.05, 4.69) is 35.0 Å². The SMILES string of the molecule is NC1CN(c2cncc(-c3ccc4[nH]nc(-c5nc6c(-c7ccccn7)nccc6[nH]5)c4n3)n2)C1. The van der Waals surface area contributed by atoms with Gasteiger partial charge in [-0.1, -0.05) is 6.07 Å². The lowest BCUT2D eigenvalue weighted by atomic mass is 10.1. The molecule has 4 N–H and O–H groups in total. The van der Waals surface area contributed by atoms with E-state index in [-0.39, 0.29) is 6.04 Å². The highest BCUT2D eigenvalue weighted by Gasteiger charge is 2.25. The van der Waals surface area contributed by atoms with Crippen molar-refractivity contribution >= 4 is 27.9 Å². The average Bonchev–Trinajstić information content (AvgIpc) is 3.51. The molecule has 6 aromatic heterocycles. The summed E-state index contributed by atoms with van der Waals surface area (Å²) in [4.78, 5) is 33.2. The third-order valence-electron chi connectivity index (χ3n) is 6.06. The van der Waals surface area contributed by atoms with Crippen molar-refractivity contribution in [1.82, 2.24) is 45.1 Å². The third kappa shape index (κ3) is 3.28. The normalized spacial score (nSPS) is 14.0. The molecule has 7 heterocycles. The molecule has 0 atom stereocenters. The standard InChI is InChI=1S/C24H19N11/c25-13-11-35(12-13)19-10-26-9-18(29-19)14-4-5-17-22(30-14)23(34-33-17)24-31-16-6-8-28-20(21(16)32-24)15-3-1-2-7-27-15/h1-10,13H,11-12,25H2,(H,31,32)(H,33,34). The summed E-state index contributed by atoms with van der Waals surface area (Å²) < 4.78 is 0. The Labute approximate surface area is 198 Å². The van der Waals surface area contributed by atoms with Crippen LogP contribution in [0.25, 0.3) is 56.4 Å². The summed E-state index contributed by atoms with van der Waals surface area (Å²) in [5, 5.41) is 7.55. The molecule has 170 valence electrons. The topological polar surface area (TPSA) is 151 Å². The molecular formula is C24H19N11. The van der Waals surface area contributed by atoms with Crippen molar-refractivity contribution in [2.75, 3.05) is 18.0 Å². The lowest BCUT2D eigenvalue weighted by molar-refractivity contribution is 0.514. The van der Waals surface area contributed by atoms with E-state index in [1.165, 1.54) is 0 Å². The highest BCUT2D eigenvalue weighted by molar-refractivity contribution is 5.94. The molecule has 11 heteroatoms. The van der Waals surface area contributed by atoms with Gasteiger partial charge in [0.25, 0.3) is 0 Å². The lowest BCUT2D eigenvalue weighted by Gasteiger charge is -2.37. The lowest BCUT2D eigenvalue weighted by Crippen LogP contribution is -2.56. The van der Waals surface area contributed by atoms with Crippen molar-refractivity contribution in [2.45, 2.75) is 6.04 Å². The molecule has 0 bridgehead atoms. The van der Waals surface area contributed by atoms with Crippen LogP contribution >= 0.6 is 0 Å². The number of imidazole rings is 1. The molecule has 6 aromatic rings. The Balaban J connectivity index is 1.31. The zero-order valence-electron chi connectivity index (χ0n) is 18.4. The van der Waals surface area contributed by atoms with Gasteiger partial charge in [-0.25, -0.2) is 15.0 Å². The van der Waals surface area contributed by atoms with E-state index in [9.17, 15) is 0 Å². The van der Waals surface area contributed by atoms with E-state index in [1.54, 1.807) is 24.8 Å². The van der Waals surface area contributed by atoms with Gasteiger partial charge in [-0.3, -0.25) is 20.1 Å². The van der Waals surface area contributed by atoms with Crippen LogP contribution in [0.3, 0.4) is 0 Å². The largest absolute Gasteiger partial charge is 0.352 e. The number of aromatic nitrogens is 9. The number of hydrogen-bond donors (Lipinski definition) is 3. The minimum atomic E-state index is 0.181. The van der Waals surface area contributed by atoms with Crippen LogP contribution in [0.5, 0.6) is 0 Å². The molecular weight excluding hydrogens is 442 g/mol. The van der Waals surface area contributed by atoms with Gasteiger partial charge in [-0.2, -0.15) is 5.10 Å². The van der Waals surface area contributed by atoms with E-state index in [1.807, 2.05) is 36.4 Å². The van der Waals surface area contributed by atoms with Gasteiger partial charge < -0.3 is 15.6 Å². The van der Waals surface area contributed by atoms with E-state index in [4.69, 9.17) is 20.7 Å². The Bertz CT molecular complexity index is 1680. The summed E-state index contributed by atoms with van der Waals surface area (Å²) >= 11 is 0. The number of anilines is 1. The van der Waals surface area contributed by atoms with E-state index in [0.717, 1.165) is 41.2 Å². The summed E-state index contributed by atoms with van der Waals surface area (Å²) in [6, 6.07) is 11.6. The van der Waals surface area contributed by atoms with Crippen molar-refractivity contribution in [3.05, 3.63) is 61.2 Å². The minimum absolute atomic E-state index is 0.181. The van der Waals surface area contributed by atoms with Crippen LogP contribution in [0.2, 0.25) is 0 Å². The third-order valence-corrected chi connectivity index (χ3v) is 6.06. The van der Waals surface area contributed by atoms with Gasteiger partial charge in [-0.05, 0) is 30.3 Å². The molecule has 1 saturated heterocycles. The second kappa shape index (κ2) is 7.64. The Morgan fingerprint density at radius 2 is 1.71 bits per heavy atom. The fraction of sp³-hybridized carbons (Fsp3) is 0.125. The Hall–Kier alpha value is -4.77. The number of nitrogens with two attached hydrogens (primary N) is 1. The van der Waals surface area contributed by atoms with E-state index in [0.29, 0.717) is 34.1 Å². The second-order valence-electron chi connectivity index (χ2n) is 8.45. The molecule has 0 unspecified atom stereocenters. The highest BCUT2D eigenvalue weighted by atomic mass is 15.3. The first kappa shape index (κ1) is 19.7. The van der Waals surface area contributed by atoms with Crippen molar-refractivity contribution in [1.29, 1.82) is 0 Å². The van der Waals surface area contributed by atoms with Crippen molar-refractivity contribution < 1.29 is 0 Å². The number of hydrogen-bond acceptors (Lipinski definition) is 9. The van der Waals surface area contributed by atoms with Gasteiger partial charge in [0.05, 0.1) is 34.8 Å². The molecule has 0 amide bonds. The molecule has 11 nitrogen and oxygen atoms in total. The number of rotatable bonds is 4. The summed E-state index contributed by atoms with van der Waals surface area (Å²) in [5.74, 6) is 1.39. The summed E-state index contributed by atoms with van der Waals surface area (Å²) in [6.07, 6.45) is 6.94. The summed E-state index contributed by atoms with van der Waals surface area (Å²) in [7, 11) is 0. The van der Waals surface area contributed by atoms with Gasteiger partial charge in [0.1, 0.15) is 28.2 Å². The number of H-pyrrole nitrogens is 2.